The fraction of sp³-hybridized carbons (Fsp3) is 0.385. The maximum Gasteiger partial charge on any atom is 0.0587 e. The zero-order chi connectivity index (χ0) is 12.1. The van der Waals surface area contributed by atoms with Crippen molar-refractivity contribution in [3.05, 3.63) is 30.0 Å². The average Bonchev–Trinajstić information content (AvgIpc) is 2.72. The second kappa shape index (κ2) is 5.70. The summed E-state index contributed by atoms with van der Waals surface area (Å²) in [5, 5.41) is 4.55. The Hall–Kier alpha value is -1.52. The summed E-state index contributed by atoms with van der Waals surface area (Å²) in [5.41, 5.74) is 9.06. The van der Waals surface area contributed by atoms with Crippen LogP contribution in [0.25, 0.3) is 10.9 Å². The normalized spacial score (nSPS) is 11.1. The minimum absolute atomic E-state index is 0.751. The van der Waals surface area contributed by atoms with Gasteiger partial charge >= 0.3 is 0 Å². The number of nitrogens with two attached hydrogens (primary N) is 1. The molecule has 0 radical (unpaired) electrons. The van der Waals surface area contributed by atoms with Crippen molar-refractivity contribution in [2.45, 2.75) is 6.42 Å². The van der Waals surface area contributed by atoms with Gasteiger partial charge in [0, 0.05) is 36.4 Å². The van der Waals surface area contributed by atoms with E-state index >= 15 is 0 Å². The maximum atomic E-state index is 5.80. The summed E-state index contributed by atoms with van der Waals surface area (Å²) in [6.07, 6.45) is 3.05. The third kappa shape index (κ3) is 2.99. The lowest BCUT2D eigenvalue weighted by atomic mass is 10.1. The number of aromatic amines is 1. The lowest BCUT2D eigenvalue weighted by molar-refractivity contribution is 0.199. The molecule has 0 aliphatic carbocycles. The van der Waals surface area contributed by atoms with Gasteiger partial charge in [-0.1, -0.05) is 0 Å². The molecule has 0 bridgehead atoms. The van der Waals surface area contributed by atoms with Gasteiger partial charge in [0.05, 0.1) is 6.61 Å². The van der Waals surface area contributed by atoms with E-state index in [1.807, 2.05) is 18.2 Å². The van der Waals surface area contributed by atoms with Gasteiger partial charge in [0.2, 0.25) is 0 Å². The van der Waals surface area contributed by atoms with E-state index in [1.54, 1.807) is 7.11 Å². The summed E-state index contributed by atoms with van der Waals surface area (Å²) in [6, 6.07) is 5.96. The molecule has 0 spiro atoms. The molecule has 1 aromatic carbocycles. The third-order valence-corrected chi connectivity index (χ3v) is 2.85. The van der Waals surface area contributed by atoms with Crippen LogP contribution in [0.4, 0.5) is 5.69 Å². The Bertz CT molecular complexity index is 478. The largest absolute Gasteiger partial charge is 0.399 e. The highest BCUT2D eigenvalue weighted by Crippen LogP contribution is 2.20. The summed E-state index contributed by atoms with van der Waals surface area (Å²) in [5.74, 6) is 0. The van der Waals surface area contributed by atoms with Gasteiger partial charge in [-0.15, -0.1) is 0 Å². The van der Waals surface area contributed by atoms with Gasteiger partial charge < -0.3 is 20.8 Å². The van der Waals surface area contributed by atoms with Crippen LogP contribution >= 0.6 is 0 Å². The summed E-state index contributed by atoms with van der Waals surface area (Å²) in [6.45, 7) is 2.59. The number of benzene rings is 1. The average molecular weight is 233 g/mol. The highest BCUT2D eigenvalue weighted by Gasteiger charge is 2.03. The van der Waals surface area contributed by atoms with Crippen molar-refractivity contribution in [2.75, 3.05) is 32.5 Å². The molecule has 2 aromatic rings. The molecule has 2 rings (SSSR count). The van der Waals surface area contributed by atoms with Crippen molar-refractivity contribution in [1.29, 1.82) is 0 Å². The quantitative estimate of drug-likeness (QED) is 0.523. The topological polar surface area (TPSA) is 63.1 Å². The molecule has 17 heavy (non-hydrogen) atoms. The Morgan fingerprint density at radius 2 is 2.24 bits per heavy atom. The standard InChI is InChI=1S/C13H19N3O/c1-17-7-6-15-5-4-10-9-16-13-3-2-11(14)8-12(10)13/h2-3,8-9,15-16H,4-7,14H2,1H3. The Morgan fingerprint density at radius 1 is 1.35 bits per heavy atom. The maximum absolute atomic E-state index is 5.80. The Morgan fingerprint density at radius 3 is 3.06 bits per heavy atom. The molecule has 4 N–H and O–H groups in total. The fourth-order valence-corrected chi connectivity index (χ4v) is 1.93. The molecule has 92 valence electrons. The van der Waals surface area contributed by atoms with Crippen molar-refractivity contribution in [3.8, 4) is 0 Å². The van der Waals surface area contributed by atoms with Crippen LogP contribution in [0, 0.1) is 0 Å². The lowest BCUT2D eigenvalue weighted by Gasteiger charge is -2.03. The smallest absolute Gasteiger partial charge is 0.0587 e. The zero-order valence-corrected chi connectivity index (χ0v) is 10.1. The number of fused-ring (bicyclic) bond motifs is 1. The zero-order valence-electron chi connectivity index (χ0n) is 10.1. The molecule has 0 unspecified atom stereocenters. The summed E-state index contributed by atoms with van der Waals surface area (Å²) in [7, 11) is 1.71. The van der Waals surface area contributed by atoms with Crippen molar-refractivity contribution >= 4 is 16.6 Å². The number of hydrogen-bond donors (Lipinski definition) is 3. The van der Waals surface area contributed by atoms with Gasteiger partial charge in [-0.25, -0.2) is 0 Å². The predicted molar refractivity (Wildman–Crippen MR) is 71.2 cm³/mol. The van der Waals surface area contributed by atoms with Gasteiger partial charge in [0.15, 0.2) is 0 Å². The highest BCUT2D eigenvalue weighted by molar-refractivity contribution is 5.86. The lowest BCUT2D eigenvalue weighted by Crippen LogP contribution is -2.21. The van der Waals surface area contributed by atoms with Crippen molar-refractivity contribution < 1.29 is 4.74 Å². The second-order valence-corrected chi connectivity index (χ2v) is 4.11. The van der Waals surface area contributed by atoms with E-state index in [0.29, 0.717) is 0 Å². The Kier molecular flexibility index (Phi) is 4.01. The van der Waals surface area contributed by atoms with E-state index in [1.165, 1.54) is 10.9 Å². The molecule has 0 saturated carbocycles. The first-order valence-electron chi connectivity index (χ1n) is 5.86. The number of methoxy groups -OCH3 is 1. The fourth-order valence-electron chi connectivity index (χ4n) is 1.93. The van der Waals surface area contributed by atoms with E-state index in [0.717, 1.165) is 37.3 Å². The van der Waals surface area contributed by atoms with Crippen LogP contribution in [0.1, 0.15) is 5.56 Å². The van der Waals surface area contributed by atoms with E-state index in [2.05, 4.69) is 16.5 Å². The van der Waals surface area contributed by atoms with Crippen LogP contribution in [0.15, 0.2) is 24.4 Å². The molecule has 0 fully saturated rings. The van der Waals surface area contributed by atoms with Gasteiger partial charge in [-0.2, -0.15) is 0 Å². The van der Waals surface area contributed by atoms with Crippen LogP contribution in [-0.2, 0) is 11.2 Å². The second-order valence-electron chi connectivity index (χ2n) is 4.11. The van der Waals surface area contributed by atoms with Gasteiger partial charge in [-0.05, 0) is 36.7 Å². The molecule has 0 atom stereocenters. The van der Waals surface area contributed by atoms with Crippen LogP contribution in [0.3, 0.4) is 0 Å². The SMILES string of the molecule is COCCNCCc1c[nH]c2ccc(N)cc12. The summed E-state index contributed by atoms with van der Waals surface area (Å²) >= 11 is 0. The molecule has 0 saturated heterocycles. The molecule has 1 heterocycles. The first-order valence-corrected chi connectivity index (χ1v) is 5.86. The van der Waals surface area contributed by atoms with Crippen LogP contribution in [0.2, 0.25) is 0 Å². The number of rotatable bonds is 6. The van der Waals surface area contributed by atoms with E-state index < -0.39 is 0 Å². The van der Waals surface area contributed by atoms with Crippen LogP contribution in [-0.4, -0.2) is 31.8 Å². The molecule has 0 aliphatic rings. The molecular formula is C13H19N3O. The van der Waals surface area contributed by atoms with Crippen molar-refractivity contribution in [1.82, 2.24) is 10.3 Å². The number of hydrogen-bond acceptors (Lipinski definition) is 3. The summed E-state index contributed by atoms with van der Waals surface area (Å²) < 4.78 is 4.98. The van der Waals surface area contributed by atoms with Crippen LogP contribution in [0.5, 0.6) is 0 Å². The molecule has 1 aromatic heterocycles. The van der Waals surface area contributed by atoms with Gasteiger partial charge in [0.1, 0.15) is 0 Å². The number of H-pyrrole nitrogens is 1. The molecule has 0 amide bonds. The van der Waals surface area contributed by atoms with Crippen LogP contribution < -0.4 is 11.1 Å². The van der Waals surface area contributed by atoms with E-state index in [4.69, 9.17) is 10.5 Å². The third-order valence-electron chi connectivity index (χ3n) is 2.85. The van der Waals surface area contributed by atoms with Gasteiger partial charge in [0.25, 0.3) is 0 Å². The number of anilines is 1. The molecular weight excluding hydrogens is 214 g/mol. The first-order chi connectivity index (χ1) is 8.31. The highest BCUT2D eigenvalue weighted by atomic mass is 16.5. The van der Waals surface area contributed by atoms with Gasteiger partial charge in [-0.3, -0.25) is 0 Å². The number of nitrogens with one attached hydrogen (secondary N) is 2. The number of ether oxygens (including phenoxy) is 1. The minimum Gasteiger partial charge on any atom is -0.399 e. The monoisotopic (exact) mass is 233 g/mol. The number of aromatic nitrogens is 1. The predicted octanol–water partition coefficient (Wildman–Crippen LogP) is 1.53. The molecule has 4 heteroatoms. The Labute approximate surface area is 101 Å². The van der Waals surface area contributed by atoms with E-state index in [9.17, 15) is 0 Å². The van der Waals surface area contributed by atoms with Crippen molar-refractivity contribution in [3.63, 3.8) is 0 Å². The van der Waals surface area contributed by atoms with E-state index in [-0.39, 0.29) is 0 Å². The van der Waals surface area contributed by atoms with Crippen molar-refractivity contribution in [2.24, 2.45) is 0 Å². The number of nitrogen functional groups attached to an aromatic ring is 1. The molecule has 0 aliphatic heterocycles. The Balaban J connectivity index is 1.96. The summed E-state index contributed by atoms with van der Waals surface area (Å²) in [4.78, 5) is 3.26. The first kappa shape index (κ1) is 12.0. The molecule has 4 nitrogen and oxygen atoms in total. The minimum atomic E-state index is 0.751.